The Morgan fingerprint density at radius 2 is 1.38 bits per heavy atom. The van der Waals surface area contributed by atoms with Crippen molar-refractivity contribution in [1.29, 1.82) is 0 Å². The molecule has 2 bridgehead atoms. The van der Waals surface area contributed by atoms with Crippen LogP contribution in [-0.4, -0.2) is 0 Å². The summed E-state index contributed by atoms with van der Waals surface area (Å²) in [4.78, 5) is 0. The average Bonchev–Trinajstić information content (AvgIpc) is 2.39. The molecule has 1 spiro atoms. The summed E-state index contributed by atoms with van der Waals surface area (Å²) in [5.74, 6) is 7.94. The van der Waals surface area contributed by atoms with E-state index in [9.17, 15) is 0 Å². The van der Waals surface area contributed by atoms with E-state index in [1.165, 1.54) is 35.5 Å². The second-order valence-corrected chi connectivity index (χ2v) is 4.67. The van der Waals surface area contributed by atoms with Crippen LogP contribution in [0.4, 0.5) is 0 Å². The average molecular weight is 104 g/mol. The molecular weight excluding hydrogens is 96.1 g/mol. The van der Waals surface area contributed by atoms with Crippen LogP contribution < -0.4 is 0 Å². The van der Waals surface area contributed by atoms with E-state index in [1.807, 2.05) is 0 Å². The highest BCUT2D eigenvalue weighted by Gasteiger charge is 3.08. The summed E-state index contributed by atoms with van der Waals surface area (Å²) >= 11 is 0. The first kappa shape index (κ1) is 2.72. The molecule has 0 amide bonds. The monoisotopic (exact) mass is 104 g/mol. The molecule has 6 aliphatic carbocycles. The first-order valence-corrected chi connectivity index (χ1v) is 3.97. The molecule has 8 heavy (non-hydrogen) atoms. The molecule has 0 aliphatic heterocycles. The summed E-state index contributed by atoms with van der Waals surface area (Å²) in [5.41, 5.74) is 1.13. The molecule has 0 aromatic heterocycles. The maximum atomic E-state index is 1.67. The van der Waals surface area contributed by atoms with Gasteiger partial charge in [0.2, 0.25) is 0 Å². The van der Waals surface area contributed by atoms with E-state index in [-0.39, 0.29) is 0 Å². The molecule has 6 aliphatic rings. The van der Waals surface area contributed by atoms with E-state index in [1.54, 1.807) is 6.42 Å². The Kier molecular flexibility index (Phi) is 0.137. The Morgan fingerprint density at radius 3 is 1.50 bits per heavy atom. The summed E-state index contributed by atoms with van der Waals surface area (Å²) in [6.45, 7) is 0. The van der Waals surface area contributed by atoms with Crippen molar-refractivity contribution in [3.8, 4) is 0 Å². The van der Waals surface area contributed by atoms with Crippen molar-refractivity contribution in [2.75, 3.05) is 0 Å². The Morgan fingerprint density at radius 1 is 0.875 bits per heavy atom. The SMILES string of the molecule is C1C2C3C4C1C1C2C341. The highest BCUT2D eigenvalue weighted by Crippen LogP contribution is 3.11. The van der Waals surface area contributed by atoms with Crippen LogP contribution in [0.3, 0.4) is 0 Å². The van der Waals surface area contributed by atoms with Crippen LogP contribution in [0.15, 0.2) is 0 Å². The van der Waals surface area contributed by atoms with Gasteiger partial charge in [0.15, 0.2) is 0 Å². The lowest BCUT2D eigenvalue weighted by molar-refractivity contribution is 0.194. The molecule has 0 heteroatoms. The van der Waals surface area contributed by atoms with E-state index in [0.29, 0.717) is 0 Å². The van der Waals surface area contributed by atoms with Gasteiger partial charge in [0.05, 0.1) is 0 Å². The van der Waals surface area contributed by atoms with E-state index in [4.69, 9.17) is 0 Å². The van der Waals surface area contributed by atoms with Crippen LogP contribution in [0.2, 0.25) is 0 Å². The van der Waals surface area contributed by atoms with Gasteiger partial charge in [0.1, 0.15) is 0 Å². The van der Waals surface area contributed by atoms with Crippen LogP contribution in [0.1, 0.15) is 6.42 Å². The molecule has 0 N–H and O–H groups in total. The molecule has 4 atom stereocenters. The van der Waals surface area contributed by atoms with Crippen molar-refractivity contribution >= 4 is 0 Å². The third-order valence-electron chi connectivity index (χ3n) is 5.25. The van der Waals surface area contributed by atoms with E-state index >= 15 is 0 Å². The summed E-state index contributed by atoms with van der Waals surface area (Å²) in [5, 5.41) is 0. The summed E-state index contributed by atoms with van der Waals surface area (Å²) < 4.78 is 0. The van der Waals surface area contributed by atoms with E-state index in [2.05, 4.69) is 0 Å². The summed E-state index contributed by atoms with van der Waals surface area (Å²) in [6, 6.07) is 0. The Balaban J connectivity index is 2.15. The standard InChI is InChI=1S/C8H8/c1-2-4-6-3(1)7-5(2)8(4,6)7/h2-7H,1H2. The molecule has 40 valence electrons. The zero-order valence-corrected chi connectivity index (χ0v) is 4.67. The van der Waals surface area contributed by atoms with Crippen molar-refractivity contribution in [2.45, 2.75) is 6.42 Å². The molecule has 4 unspecified atom stereocenters. The molecule has 0 aromatic carbocycles. The molecule has 0 radical (unpaired) electrons. The van der Waals surface area contributed by atoms with E-state index < -0.39 is 0 Å². The van der Waals surface area contributed by atoms with Gasteiger partial charge in [0.25, 0.3) is 0 Å². The van der Waals surface area contributed by atoms with Crippen molar-refractivity contribution in [1.82, 2.24) is 0 Å². The lowest BCUT2D eigenvalue weighted by atomic mass is 9.76. The maximum absolute atomic E-state index is 1.67. The predicted octanol–water partition coefficient (Wildman–Crippen LogP) is 1.13. The lowest BCUT2D eigenvalue weighted by Crippen LogP contribution is -2.23. The van der Waals surface area contributed by atoms with Crippen LogP contribution in [0, 0.1) is 40.9 Å². The van der Waals surface area contributed by atoms with Gasteiger partial charge >= 0.3 is 0 Å². The van der Waals surface area contributed by atoms with Crippen molar-refractivity contribution in [3.63, 3.8) is 0 Å². The minimum atomic E-state index is 1.13. The second-order valence-electron chi connectivity index (χ2n) is 4.67. The zero-order valence-electron chi connectivity index (χ0n) is 4.67. The highest BCUT2D eigenvalue weighted by molar-refractivity contribution is 5.54. The van der Waals surface area contributed by atoms with Crippen molar-refractivity contribution < 1.29 is 0 Å². The fraction of sp³-hybridized carbons (Fsp3) is 1.00. The van der Waals surface area contributed by atoms with Gasteiger partial charge in [-0.25, -0.2) is 0 Å². The van der Waals surface area contributed by atoms with Gasteiger partial charge in [-0.05, 0) is 47.3 Å². The van der Waals surface area contributed by atoms with Gasteiger partial charge in [-0.3, -0.25) is 0 Å². The first-order valence-electron chi connectivity index (χ1n) is 3.97. The minimum Gasteiger partial charge on any atom is -0.0464 e. The minimum absolute atomic E-state index is 1.13. The molecular formula is C8H8. The van der Waals surface area contributed by atoms with Crippen molar-refractivity contribution in [3.05, 3.63) is 0 Å². The molecule has 0 saturated heterocycles. The molecule has 0 nitrogen and oxygen atoms in total. The van der Waals surface area contributed by atoms with Crippen molar-refractivity contribution in [2.24, 2.45) is 40.9 Å². The smallest absolute Gasteiger partial charge is 0.0162 e. The fourth-order valence-electron chi connectivity index (χ4n) is 5.52. The quantitative estimate of drug-likeness (QED) is 0.432. The Bertz CT molecular complexity index is 169. The number of rotatable bonds is 0. The largest absolute Gasteiger partial charge is 0.0464 e. The third kappa shape index (κ3) is 0.0651. The normalized spacial score (nSPS) is 108. The van der Waals surface area contributed by atoms with E-state index in [0.717, 1.165) is 5.41 Å². The number of hydrogen-bond donors (Lipinski definition) is 0. The summed E-state index contributed by atoms with van der Waals surface area (Å²) in [6.07, 6.45) is 1.67. The molecule has 0 heterocycles. The second kappa shape index (κ2) is 0.403. The zero-order chi connectivity index (χ0) is 4.67. The van der Waals surface area contributed by atoms with Crippen LogP contribution in [0.25, 0.3) is 0 Å². The lowest BCUT2D eigenvalue weighted by Gasteiger charge is -2.28. The van der Waals surface area contributed by atoms with Crippen LogP contribution in [-0.2, 0) is 0 Å². The highest BCUT2D eigenvalue weighted by atomic mass is 15.1. The van der Waals surface area contributed by atoms with Gasteiger partial charge in [-0.1, -0.05) is 0 Å². The maximum Gasteiger partial charge on any atom is -0.0162 e. The summed E-state index contributed by atoms with van der Waals surface area (Å²) in [7, 11) is 0. The Hall–Kier alpha value is 0. The topological polar surface area (TPSA) is 0 Å². The van der Waals surface area contributed by atoms with Gasteiger partial charge in [0, 0.05) is 0 Å². The van der Waals surface area contributed by atoms with Gasteiger partial charge in [-0.2, -0.15) is 0 Å². The predicted molar refractivity (Wildman–Crippen MR) is 28.0 cm³/mol. The number of hydrogen-bond acceptors (Lipinski definition) is 0. The molecule has 6 saturated carbocycles. The molecule has 6 fully saturated rings. The van der Waals surface area contributed by atoms with Gasteiger partial charge in [-0.15, -0.1) is 0 Å². The molecule has 6 rings (SSSR count). The van der Waals surface area contributed by atoms with Gasteiger partial charge < -0.3 is 0 Å². The first-order chi connectivity index (χ1) is 3.97. The molecule has 0 aromatic rings. The Labute approximate surface area is 48.3 Å². The fourth-order valence-corrected chi connectivity index (χ4v) is 5.52. The van der Waals surface area contributed by atoms with Crippen LogP contribution >= 0.6 is 0 Å². The third-order valence-corrected chi connectivity index (χ3v) is 5.25. The van der Waals surface area contributed by atoms with Crippen LogP contribution in [0.5, 0.6) is 0 Å².